The molecule has 0 radical (unpaired) electrons. The van der Waals surface area contributed by atoms with Crippen molar-refractivity contribution >= 4 is 45.9 Å². The summed E-state index contributed by atoms with van der Waals surface area (Å²) in [6.45, 7) is 10.6. The van der Waals surface area contributed by atoms with Crippen LogP contribution in [0.25, 0.3) is 0 Å². The van der Waals surface area contributed by atoms with E-state index < -0.39 is 27.1 Å². The molecule has 0 aromatic rings. The Hall–Kier alpha value is -0.780. The van der Waals surface area contributed by atoms with Gasteiger partial charge in [-0.15, -0.1) is 24.0 Å². The molecule has 0 aromatic carbocycles. The van der Waals surface area contributed by atoms with Gasteiger partial charge in [0.2, 0.25) is 0 Å². The van der Waals surface area contributed by atoms with E-state index in [1.54, 1.807) is 7.05 Å². The second kappa shape index (κ2) is 11.4. The molecule has 166 valence electrons. The highest BCUT2D eigenvalue weighted by Crippen LogP contribution is 2.18. The average Bonchev–Trinajstić information content (AvgIpc) is 2.91. The number of amides is 1. The third kappa shape index (κ3) is 9.62. The van der Waals surface area contributed by atoms with E-state index in [-0.39, 0.29) is 41.4 Å². The Balaban J connectivity index is 0.00000729. The molecule has 1 saturated heterocycles. The zero-order chi connectivity index (χ0) is 20.7. The highest BCUT2D eigenvalue weighted by molar-refractivity contribution is 14.0. The Morgan fingerprint density at radius 3 is 2.21 bits per heavy atom. The van der Waals surface area contributed by atoms with Crippen molar-refractivity contribution in [3.05, 3.63) is 0 Å². The minimum Gasteiger partial charge on any atom is -0.444 e. The van der Waals surface area contributed by atoms with Gasteiger partial charge in [-0.2, -0.15) is 0 Å². The number of halogens is 1. The van der Waals surface area contributed by atoms with Gasteiger partial charge in [0, 0.05) is 20.1 Å². The van der Waals surface area contributed by atoms with Crippen molar-refractivity contribution in [1.29, 1.82) is 0 Å². The van der Waals surface area contributed by atoms with E-state index in [9.17, 15) is 13.2 Å². The van der Waals surface area contributed by atoms with Crippen molar-refractivity contribution in [3.8, 4) is 0 Å². The van der Waals surface area contributed by atoms with Crippen LogP contribution in [0.2, 0.25) is 0 Å². The predicted octanol–water partition coefficient (Wildman–Crippen LogP) is 2.29. The third-order valence-corrected chi connectivity index (χ3v) is 6.66. The number of hydrogen-bond donors (Lipinski definition) is 3. The van der Waals surface area contributed by atoms with Crippen molar-refractivity contribution in [2.24, 2.45) is 10.9 Å². The van der Waals surface area contributed by atoms with E-state index in [0.717, 1.165) is 12.8 Å². The highest BCUT2D eigenvalue weighted by atomic mass is 127. The quantitative estimate of drug-likeness (QED) is 0.264. The number of nitrogens with zero attached hydrogens (tertiary/aromatic N) is 1. The number of alkyl carbamates (subject to hydrolysis) is 1. The molecule has 3 N–H and O–H groups in total. The van der Waals surface area contributed by atoms with Crippen LogP contribution >= 0.6 is 24.0 Å². The molecule has 1 rings (SSSR count). The molecule has 28 heavy (non-hydrogen) atoms. The molecule has 1 unspecified atom stereocenters. The van der Waals surface area contributed by atoms with Gasteiger partial charge in [-0.3, -0.25) is 4.99 Å². The fourth-order valence-corrected chi connectivity index (χ4v) is 4.85. The van der Waals surface area contributed by atoms with Gasteiger partial charge in [-0.1, -0.05) is 13.8 Å². The summed E-state index contributed by atoms with van der Waals surface area (Å²) in [4.78, 5) is 16.4. The summed E-state index contributed by atoms with van der Waals surface area (Å²) < 4.78 is 28.5. The van der Waals surface area contributed by atoms with Crippen molar-refractivity contribution in [3.63, 3.8) is 0 Å². The minimum atomic E-state index is -2.88. The van der Waals surface area contributed by atoms with Gasteiger partial charge in [0.1, 0.15) is 5.60 Å². The lowest BCUT2D eigenvalue weighted by atomic mass is 9.93. The number of guanidine groups is 1. The first-order valence-corrected chi connectivity index (χ1v) is 11.4. The van der Waals surface area contributed by atoms with Crippen LogP contribution in [0.1, 0.15) is 53.9 Å². The monoisotopic (exact) mass is 532 g/mol. The average molecular weight is 532 g/mol. The molecular formula is C18H37IN4O4S. The van der Waals surface area contributed by atoms with Crippen LogP contribution < -0.4 is 16.0 Å². The maximum atomic E-state index is 12.2. The van der Waals surface area contributed by atoms with E-state index in [0.29, 0.717) is 25.5 Å². The van der Waals surface area contributed by atoms with Gasteiger partial charge in [-0.25, -0.2) is 13.2 Å². The molecule has 0 aromatic heterocycles. The zero-order valence-corrected chi connectivity index (χ0v) is 21.1. The molecule has 0 spiro atoms. The topological polar surface area (TPSA) is 109 Å². The molecule has 1 fully saturated rings. The first kappa shape index (κ1) is 27.2. The SMILES string of the molecule is CCC(CC)(CNC(=NC)NCC1CCS(=O)(=O)C1)NC(=O)OC(C)(C)C.I. The smallest absolute Gasteiger partial charge is 0.408 e. The van der Waals surface area contributed by atoms with E-state index >= 15 is 0 Å². The van der Waals surface area contributed by atoms with E-state index in [2.05, 4.69) is 20.9 Å². The normalized spacial score (nSPS) is 19.5. The number of rotatable bonds is 7. The Morgan fingerprint density at radius 2 is 1.79 bits per heavy atom. The van der Waals surface area contributed by atoms with E-state index in [1.165, 1.54) is 0 Å². The molecule has 10 heteroatoms. The maximum absolute atomic E-state index is 12.2. The van der Waals surface area contributed by atoms with Crippen molar-refractivity contribution < 1.29 is 17.9 Å². The van der Waals surface area contributed by atoms with E-state index in [4.69, 9.17) is 4.74 Å². The Morgan fingerprint density at radius 1 is 1.18 bits per heavy atom. The molecule has 1 aliphatic rings. The van der Waals surface area contributed by atoms with Gasteiger partial charge in [0.25, 0.3) is 0 Å². The molecule has 0 bridgehead atoms. The summed E-state index contributed by atoms with van der Waals surface area (Å²) >= 11 is 0. The van der Waals surface area contributed by atoms with E-state index in [1.807, 2.05) is 34.6 Å². The molecule has 8 nitrogen and oxygen atoms in total. The van der Waals surface area contributed by atoms with Gasteiger partial charge in [0.15, 0.2) is 15.8 Å². The largest absolute Gasteiger partial charge is 0.444 e. The number of aliphatic imine (C=N–C) groups is 1. The number of carbonyl (C=O) groups excluding carboxylic acids is 1. The highest BCUT2D eigenvalue weighted by Gasteiger charge is 2.31. The van der Waals surface area contributed by atoms with Crippen molar-refractivity contribution in [2.45, 2.75) is 65.0 Å². The van der Waals surface area contributed by atoms with Crippen LogP contribution in [-0.2, 0) is 14.6 Å². The molecule has 1 amide bonds. The number of carbonyl (C=O) groups is 1. The summed E-state index contributed by atoms with van der Waals surface area (Å²) in [5.41, 5.74) is -1.01. The molecule has 1 aliphatic heterocycles. The minimum absolute atomic E-state index is 0. The molecule has 0 saturated carbocycles. The van der Waals surface area contributed by atoms with Crippen LogP contribution in [0.3, 0.4) is 0 Å². The Kier molecular flexibility index (Phi) is 11.1. The molecule has 1 heterocycles. The number of nitrogens with one attached hydrogen (secondary N) is 3. The molecular weight excluding hydrogens is 495 g/mol. The summed E-state index contributed by atoms with van der Waals surface area (Å²) in [5, 5.41) is 9.42. The summed E-state index contributed by atoms with van der Waals surface area (Å²) in [7, 11) is -1.22. The van der Waals surface area contributed by atoms with Crippen LogP contribution in [0.15, 0.2) is 4.99 Å². The van der Waals surface area contributed by atoms with Crippen LogP contribution in [-0.4, -0.2) is 63.3 Å². The fourth-order valence-electron chi connectivity index (χ4n) is 2.99. The van der Waals surface area contributed by atoms with Gasteiger partial charge < -0.3 is 20.7 Å². The van der Waals surface area contributed by atoms with Gasteiger partial charge >= 0.3 is 6.09 Å². The lowest BCUT2D eigenvalue weighted by molar-refractivity contribution is 0.0448. The van der Waals surface area contributed by atoms with Gasteiger partial charge in [-0.05, 0) is 46.0 Å². The second-order valence-corrected chi connectivity index (χ2v) is 10.4. The summed E-state index contributed by atoms with van der Waals surface area (Å²) in [5.74, 6) is 1.19. The van der Waals surface area contributed by atoms with Crippen molar-refractivity contribution in [1.82, 2.24) is 16.0 Å². The summed E-state index contributed by atoms with van der Waals surface area (Å²) in [6, 6.07) is 0. The molecule has 0 aliphatic carbocycles. The lowest BCUT2D eigenvalue weighted by Gasteiger charge is -2.34. The number of hydrogen-bond acceptors (Lipinski definition) is 5. The first-order chi connectivity index (χ1) is 12.4. The number of ether oxygens (including phenoxy) is 1. The molecule has 1 atom stereocenters. The standard InChI is InChI=1S/C18H36N4O4S.HI/c1-7-18(8-2,22-16(23)26-17(3,4)5)13-21-15(19-6)20-11-14-9-10-27(24,25)12-14;/h14H,7-13H2,1-6H3,(H,22,23)(H2,19,20,21);1H. The fraction of sp³-hybridized carbons (Fsp3) is 0.889. The number of sulfone groups is 1. The van der Waals surface area contributed by atoms with Crippen LogP contribution in [0, 0.1) is 5.92 Å². The summed E-state index contributed by atoms with van der Waals surface area (Å²) in [6.07, 6.45) is 1.70. The lowest BCUT2D eigenvalue weighted by Crippen LogP contribution is -2.57. The van der Waals surface area contributed by atoms with Crippen LogP contribution in [0.4, 0.5) is 4.79 Å². The van der Waals surface area contributed by atoms with Crippen LogP contribution in [0.5, 0.6) is 0 Å². The van der Waals surface area contributed by atoms with Gasteiger partial charge in [0.05, 0.1) is 17.0 Å². The van der Waals surface area contributed by atoms with Crippen molar-refractivity contribution in [2.75, 3.05) is 31.6 Å². The Bertz CT molecular complexity index is 628. The Labute approximate surface area is 187 Å². The predicted molar refractivity (Wildman–Crippen MR) is 124 cm³/mol. The third-order valence-electron chi connectivity index (χ3n) is 4.82. The second-order valence-electron chi connectivity index (χ2n) is 8.19. The maximum Gasteiger partial charge on any atom is 0.408 e. The zero-order valence-electron chi connectivity index (χ0n) is 17.9. The first-order valence-electron chi connectivity index (χ1n) is 9.60.